The van der Waals surface area contributed by atoms with Gasteiger partial charge in [-0.25, -0.2) is 4.39 Å². The van der Waals surface area contributed by atoms with Crippen molar-refractivity contribution in [2.24, 2.45) is 5.41 Å². The topological polar surface area (TPSA) is 32.8 Å². The van der Waals surface area contributed by atoms with Crippen molar-refractivity contribution < 1.29 is 13.9 Å². The SMILES string of the molecule is COCCN1CCC2(CCCN(Cc3ccc(F)cc3)C2)C1=O. The molecule has 2 saturated heterocycles. The zero-order valence-electron chi connectivity index (χ0n) is 13.8. The third-order valence-electron chi connectivity index (χ3n) is 5.14. The van der Waals surface area contributed by atoms with E-state index in [0.717, 1.165) is 51.0 Å². The number of methoxy groups -OCH3 is 1. The summed E-state index contributed by atoms with van der Waals surface area (Å²) in [6, 6.07) is 6.67. The summed E-state index contributed by atoms with van der Waals surface area (Å²) in [6.07, 6.45) is 2.97. The van der Waals surface area contributed by atoms with Gasteiger partial charge in [0.1, 0.15) is 5.82 Å². The lowest BCUT2D eigenvalue weighted by Crippen LogP contribution is -2.47. The van der Waals surface area contributed by atoms with Crippen LogP contribution in [0.3, 0.4) is 0 Å². The Morgan fingerprint density at radius 2 is 2.00 bits per heavy atom. The van der Waals surface area contributed by atoms with Crippen LogP contribution in [0.15, 0.2) is 24.3 Å². The van der Waals surface area contributed by atoms with Crippen LogP contribution in [0, 0.1) is 11.2 Å². The van der Waals surface area contributed by atoms with Gasteiger partial charge in [0.05, 0.1) is 12.0 Å². The van der Waals surface area contributed by atoms with Gasteiger partial charge in [0.25, 0.3) is 0 Å². The van der Waals surface area contributed by atoms with Crippen LogP contribution in [0.4, 0.5) is 4.39 Å². The number of hydrogen-bond acceptors (Lipinski definition) is 3. The van der Waals surface area contributed by atoms with Crippen molar-refractivity contribution in [3.8, 4) is 0 Å². The van der Waals surface area contributed by atoms with Crippen molar-refractivity contribution in [1.82, 2.24) is 9.80 Å². The van der Waals surface area contributed by atoms with E-state index in [0.29, 0.717) is 19.1 Å². The summed E-state index contributed by atoms with van der Waals surface area (Å²) in [5, 5.41) is 0. The maximum Gasteiger partial charge on any atom is 0.230 e. The Morgan fingerprint density at radius 3 is 2.74 bits per heavy atom. The fraction of sp³-hybridized carbons (Fsp3) is 0.611. The van der Waals surface area contributed by atoms with Crippen molar-refractivity contribution in [1.29, 1.82) is 0 Å². The van der Waals surface area contributed by atoms with Gasteiger partial charge in [0, 0.05) is 33.3 Å². The molecular weight excluding hydrogens is 295 g/mol. The van der Waals surface area contributed by atoms with Crippen molar-refractivity contribution in [2.45, 2.75) is 25.8 Å². The lowest BCUT2D eigenvalue weighted by Gasteiger charge is -2.39. The zero-order chi connectivity index (χ0) is 16.3. The van der Waals surface area contributed by atoms with Crippen LogP contribution < -0.4 is 0 Å². The van der Waals surface area contributed by atoms with Crippen molar-refractivity contribution in [3.05, 3.63) is 35.6 Å². The first-order valence-electron chi connectivity index (χ1n) is 8.38. The molecule has 1 unspecified atom stereocenters. The van der Waals surface area contributed by atoms with E-state index in [-0.39, 0.29) is 11.2 Å². The third kappa shape index (κ3) is 3.56. The summed E-state index contributed by atoms with van der Waals surface area (Å²) in [5.74, 6) is 0.0852. The molecule has 5 heteroatoms. The van der Waals surface area contributed by atoms with Crippen LogP contribution in [0.25, 0.3) is 0 Å². The van der Waals surface area contributed by atoms with Gasteiger partial charge >= 0.3 is 0 Å². The van der Waals surface area contributed by atoms with E-state index in [1.165, 1.54) is 12.1 Å². The smallest absolute Gasteiger partial charge is 0.230 e. The van der Waals surface area contributed by atoms with Gasteiger partial charge in [-0.1, -0.05) is 12.1 Å². The molecule has 2 heterocycles. The summed E-state index contributed by atoms with van der Waals surface area (Å²) in [6.45, 7) is 4.73. The highest BCUT2D eigenvalue weighted by Gasteiger charge is 2.48. The van der Waals surface area contributed by atoms with Gasteiger partial charge in [0.15, 0.2) is 0 Å². The number of halogens is 1. The Labute approximate surface area is 137 Å². The van der Waals surface area contributed by atoms with Crippen molar-refractivity contribution >= 4 is 5.91 Å². The van der Waals surface area contributed by atoms with Crippen LogP contribution in [0.5, 0.6) is 0 Å². The van der Waals surface area contributed by atoms with E-state index in [1.54, 1.807) is 7.11 Å². The molecule has 3 rings (SSSR count). The van der Waals surface area contributed by atoms with E-state index in [9.17, 15) is 9.18 Å². The van der Waals surface area contributed by atoms with Crippen LogP contribution >= 0.6 is 0 Å². The number of carbonyl (C=O) groups excluding carboxylic acids is 1. The lowest BCUT2D eigenvalue weighted by molar-refractivity contribution is -0.139. The predicted molar refractivity (Wildman–Crippen MR) is 86.4 cm³/mol. The number of likely N-dealkylation sites (tertiary alicyclic amines) is 2. The van der Waals surface area contributed by atoms with Gasteiger partial charge < -0.3 is 9.64 Å². The highest BCUT2D eigenvalue weighted by Crippen LogP contribution is 2.40. The summed E-state index contributed by atoms with van der Waals surface area (Å²) in [5.41, 5.74) is 0.886. The zero-order valence-corrected chi connectivity index (χ0v) is 13.8. The number of nitrogens with zero attached hydrogens (tertiary/aromatic N) is 2. The minimum absolute atomic E-state index is 0.205. The summed E-state index contributed by atoms with van der Waals surface area (Å²) in [7, 11) is 1.67. The van der Waals surface area contributed by atoms with E-state index in [2.05, 4.69) is 4.90 Å². The number of benzene rings is 1. The first-order chi connectivity index (χ1) is 11.1. The van der Waals surface area contributed by atoms with Crippen LogP contribution in [0.1, 0.15) is 24.8 Å². The molecular formula is C18H25FN2O2. The first kappa shape index (κ1) is 16.4. The molecule has 0 N–H and O–H groups in total. The van der Waals surface area contributed by atoms with Crippen LogP contribution in [-0.4, -0.2) is 55.6 Å². The molecule has 2 aliphatic rings. The fourth-order valence-corrected chi connectivity index (χ4v) is 3.90. The summed E-state index contributed by atoms with van der Waals surface area (Å²) in [4.78, 5) is 17.1. The molecule has 2 aliphatic heterocycles. The van der Waals surface area contributed by atoms with E-state index in [4.69, 9.17) is 4.74 Å². The molecule has 1 aromatic rings. The molecule has 0 bridgehead atoms. The number of amides is 1. The highest BCUT2D eigenvalue weighted by atomic mass is 19.1. The molecule has 0 saturated carbocycles. The predicted octanol–water partition coefficient (Wildman–Crippen LogP) is 2.29. The van der Waals surface area contributed by atoms with Crippen LogP contribution in [0.2, 0.25) is 0 Å². The Kier molecular flexibility index (Phi) is 4.97. The number of carbonyl (C=O) groups is 1. The average Bonchev–Trinajstić information content (AvgIpc) is 2.84. The second kappa shape index (κ2) is 6.97. The Hall–Kier alpha value is -1.46. The number of piperidine rings is 1. The second-order valence-electron chi connectivity index (χ2n) is 6.76. The number of rotatable bonds is 5. The second-order valence-corrected chi connectivity index (χ2v) is 6.76. The normalized spacial score (nSPS) is 25.5. The summed E-state index contributed by atoms with van der Waals surface area (Å²) >= 11 is 0. The molecule has 0 aliphatic carbocycles. The molecule has 23 heavy (non-hydrogen) atoms. The third-order valence-corrected chi connectivity index (χ3v) is 5.14. The Balaban J connectivity index is 1.63. The Morgan fingerprint density at radius 1 is 1.22 bits per heavy atom. The van der Waals surface area contributed by atoms with Crippen molar-refractivity contribution in [3.63, 3.8) is 0 Å². The maximum absolute atomic E-state index is 13.0. The van der Waals surface area contributed by atoms with Crippen LogP contribution in [-0.2, 0) is 16.1 Å². The Bertz CT molecular complexity index is 548. The van der Waals surface area contributed by atoms with E-state index in [1.807, 2.05) is 17.0 Å². The molecule has 1 amide bonds. The van der Waals surface area contributed by atoms with Crippen molar-refractivity contribution in [2.75, 3.05) is 39.9 Å². The van der Waals surface area contributed by atoms with E-state index < -0.39 is 0 Å². The van der Waals surface area contributed by atoms with E-state index >= 15 is 0 Å². The quantitative estimate of drug-likeness (QED) is 0.834. The first-order valence-corrected chi connectivity index (χ1v) is 8.38. The van der Waals surface area contributed by atoms with Gasteiger partial charge in [-0.3, -0.25) is 9.69 Å². The molecule has 1 atom stereocenters. The van der Waals surface area contributed by atoms with Gasteiger partial charge in [-0.05, 0) is 43.5 Å². The molecule has 0 aromatic heterocycles. The molecule has 0 radical (unpaired) electrons. The number of hydrogen-bond donors (Lipinski definition) is 0. The molecule has 1 aromatic carbocycles. The molecule has 126 valence electrons. The van der Waals surface area contributed by atoms with Gasteiger partial charge in [-0.15, -0.1) is 0 Å². The highest BCUT2D eigenvalue weighted by molar-refractivity contribution is 5.85. The largest absolute Gasteiger partial charge is 0.383 e. The molecule has 1 spiro atoms. The average molecular weight is 320 g/mol. The maximum atomic E-state index is 13.0. The molecule has 2 fully saturated rings. The lowest BCUT2D eigenvalue weighted by atomic mass is 9.78. The standard InChI is InChI=1S/C18H25FN2O2/c1-23-12-11-21-10-8-18(17(21)22)7-2-9-20(14-18)13-15-3-5-16(19)6-4-15/h3-6H,2,7-14H2,1H3. The minimum Gasteiger partial charge on any atom is -0.383 e. The van der Waals surface area contributed by atoms with Gasteiger partial charge in [0.2, 0.25) is 5.91 Å². The number of ether oxygens (including phenoxy) is 1. The summed E-state index contributed by atoms with van der Waals surface area (Å²) < 4.78 is 18.1. The van der Waals surface area contributed by atoms with Gasteiger partial charge in [-0.2, -0.15) is 0 Å². The fourth-order valence-electron chi connectivity index (χ4n) is 3.90. The molecule has 4 nitrogen and oxygen atoms in total. The minimum atomic E-state index is -0.216. The monoisotopic (exact) mass is 320 g/mol.